The summed E-state index contributed by atoms with van der Waals surface area (Å²) < 4.78 is 11.3. The molecule has 0 atom stereocenters. The van der Waals surface area contributed by atoms with Crippen LogP contribution in [0.3, 0.4) is 0 Å². The van der Waals surface area contributed by atoms with Crippen molar-refractivity contribution in [1.82, 2.24) is 4.98 Å². The Morgan fingerprint density at radius 2 is 1.77 bits per heavy atom. The number of para-hydroxylation sites is 1. The van der Waals surface area contributed by atoms with E-state index in [1.54, 1.807) is 12.1 Å². The average molecular weight is 491 g/mol. The van der Waals surface area contributed by atoms with Crippen molar-refractivity contribution in [3.8, 4) is 0 Å². The summed E-state index contributed by atoms with van der Waals surface area (Å²) in [5, 5.41) is 1.30. The van der Waals surface area contributed by atoms with E-state index in [4.69, 9.17) is 9.16 Å². The fourth-order valence-corrected chi connectivity index (χ4v) is 4.66. The lowest BCUT2D eigenvalue weighted by Crippen LogP contribution is -2.43. The van der Waals surface area contributed by atoms with E-state index in [2.05, 4.69) is 68.9 Å². The monoisotopic (exact) mass is 490 g/mol. The van der Waals surface area contributed by atoms with Gasteiger partial charge in [0.2, 0.25) is 0 Å². The highest BCUT2D eigenvalue weighted by Crippen LogP contribution is 2.36. The molecule has 3 rings (SSSR count). The summed E-state index contributed by atoms with van der Waals surface area (Å²) in [6, 6.07) is 17.9. The van der Waals surface area contributed by atoms with Gasteiger partial charge < -0.3 is 14.1 Å². The molecular weight excluding hydrogens is 452 g/mol. The van der Waals surface area contributed by atoms with Gasteiger partial charge in [-0.3, -0.25) is 4.98 Å². The lowest BCUT2D eigenvalue weighted by molar-refractivity contribution is 0.0600. The molecule has 1 heterocycles. The summed E-state index contributed by atoms with van der Waals surface area (Å²) in [5.41, 5.74) is 4.87. The number of nitrogens with zero attached hydrogens (tertiary/aromatic N) is 2. The molecule has 3 aromatic rings. The van der Waals surface area contributed by atoms with Crippen LogP contribution >= 0.6 is 0 Å². The van der Waals surface area contributed by atoms with Crippen LogP contribution in [-0.4, -0.2) is 46.1 Å². The second-order valence-electron chi connectivity index (χ2n) is 10.5. The molecule has 0 radical (unpaired) electrons. The Morgan fingerprint density at radius 1 is 1.09 bits per heavy atom. The molecule has 0 aliphatic carbocycles. The second-order valence-corrected chi connectivity index (χ2v) is 15.3. The Morgan fingerprint density at radius 3 is 2.43 bits per heavy atom. The first-order valence-corrected chi connectivity index (χ1v) is 15.0. The molecule has 0 amide bonds. The molecule has 0 fully saturated rings. The molecule has 35 heavy (non-hydrogen) atoms. The summed E-state index contributed by atoms with van der Waals surface area (Å²) in [7, 11) is -0.436. The molecule has 1 aromatic heterocycles. The zero-order valence-electron chi connectivity index (χ0n) is 22.1. The molecule has 0 aliphatic rings. The third kappa shape index (κ3) is 7.02. The molecule has 0 N–H and O–H groups in total. The first kappa shape index (κ1) is 26.6. The zero-order valence-corrected chi connectivity index (χ0v) is 23.1. The van der Waals surface area contributed by atoms with Crippen molar-refractivity contribution in [2.75, 3.05) is 31.7 Å². The van der Waals surface area contributed by atoms with E-state index in [1.807, 2.05) is 36.5 Å². The van der Waals surface area contributed by atoms with Crippen LogP contribution in [0.1, 0.15) is 43.6 Å². The molecule has 0 saturated heterocycles. The van der Waals surface area contributed by atoms with Crippen molar-refractivity contribution in [2.24, 2.45) is 0 Å². The number of fused-ring (bicyclic) bond motifs is 1. The number of hydrogen-bond acceptors (Lipinski definition) is 5. The number of aromatic nitrogens is 1. The van der Waals surface area contributed by atoms with E-state index >= 15 is 0 Å². The van der Waals surface area contributed by atoms with Crippen molar-refractivity contribution in [1.29, 1.82) is 0 Å². The number of anilines is 1. The minimum absolute atomic E-state index is 0.175. The number of carbonyl (C=O) groups excluding carboxylic acids is 1. The van der Waals surface area contributed by atoms with Gasteiger partial charge in [0.15, 0.2) is 8.32 Å². The molecule has 0 bridgehead atoms. The smallest absolute Gasteiger partial charge is 0.337 e. The van der Waals surface area contributed by atoms with Crippen LogP contribution in [-0.2, 0) is 9.16 Å². The Hall–Kier alpha value is -2.96. The first-order chi connectivity index (χ1) is 16.5. The predicted octanol–water partition coefficient (Wildman–Crippen LogP) is 6.95. The fraction of sp³-hybridized carbons (Fsp3) is 0.379. The number of ether oxygens (including phenoxy) is 1. The number of carbonyl (C=O) groups is 1. The van der Waals surface area contributed by atoms with Gasteiger partial charge in [0.1, 0.15) is 0 Å². The Labute approximate surface area is 210 Å². The largest absolute Gasteiger partial charge is 0.465 e. The molecule has 5 nitrogen and oxygen atoms in total. The lowest BCUT2D eigenvalue weighted by Gasteiger charge is -2.37. The van der Waals surface area contributed by atoms with Crippen molar-refractivity contribution in [3.63, 3.8) is 0 Å². The maximum atomic E-state index is 11.7. The number of esters is 1. The van der Waals surface area contributed by atoms with Gasteiger partial charge in [0.25, 0.3) is 0 Å². The lowest BCUT2D eigenvalue weighted by atomic mass is 10.1. The minimum atomic E-state index is -1.83. The quantitative estimate of drug-likeness (QED) is 0.240. The first-order valence-electron chi connectivity index (χ1n) is 12.1. The topological polar surface area (TPSA) is 51.7 Å². The van der Waals surface area contributed by atoms with Gasteiger partial charge in [-0.25, -0.2) is 4.79 Å². The van der Waals surface area contributed by atoms with Gasteiger partial charge in [-0.2, -0.15) is 0 Å². The summed E-state index contributed by atoms with van der Waals surface area (Å²) in [6.45, 7) is 15.7. The maximum Gasteiger partial charge on any atom is 0.337 e. The molecule has 186 valence electrons. The van der Waals surface area contributed by atoms with Gasteiger partial charge in [0, 0.05) is 18.5 Å². The third-order valence-corrected chi connectivity index (χ3v) is 11.3. The van der Waals surface area contributed by atoms with Crippen LogP contribution in [0.4, 0.5) is 5.69 Å². The van der Waals surface area contributed by atoms with E-state index < -0.39 is 8.32 Å². The van der Waals surface area contributed by atoms with Crippen LogP contribution < -0.4 is 4.90 Å². The maximum absolute atomic E-state index is 11.7. The van der Waals surface area contributed by atoms with Crippen LogP contribution in [0.15, 0.2) is 66.4 Å². The number of hydrogen-bond donors (Lipinski definition) is 0. The van der Waals surface area contributed by atoms with Crippen LogP contribution in [0, 0.1) is 0 Å². The Bertz CT molecular complexity index is 1180. The standard InChI is InChI=1S/C29H38N2O3Si/c1-22(18-23-12-14-24(15-13-23)28(32)33-5)21-31(16-17-34-35(6,7)29(2,3)4)26-19-25-10-8-9-11-27(25)30-20-26/h8-15,18-20H,16-17,21H2,1-7H3/b22-18+. The van der Waals surface area contributed by atoms with Gasteiger partial charge in [-0.15, -0.1) is 0 Å². The van der Waals surface area contributed by atoms with Gasteiger partial charge in [0.05, 0.1) is 36.7 Å². The van der Waals surface area contributed by atoms with Crippen molar-refractivity contribution < 1.29 is 14.0 Å². The highest BCUT2D eigenvalue weighted by molar-refractivity contribution is 6.74. The van der Waals surface area contributed by atoms with Crippen molar-refractivity contribution in [3.05, 3.63) is 77.5 Å². The van der Waals surface area contributed by atoms with E-state index in [9.17, 15) is 4.79 Å². The number of benzene rings is 2. The summed E-state index contributed by atoms with van der Waals surface area (Å²) in [6.07, 6.45) is 4.10. The number of rotatable bonds is 9. The molecule has 0 saturated carbocycles. The Kier molecular flexibility index (Phi) is 8.51. The van der Waals surface area contributed by atoms with E-state index in [1.165, 1.54) is 12.7 Å². The second kappa shape index (κ2) is 11.2. The van der Waals surface area contributed by atoms with Crippen LogP contribution in [0.2, 0.25) is 18.1 Å². The average Bonchev–Trinajstić information content (AvgIpc) is 2.82. The van der Waals surface area contributed by atoms with Gasteiger partial charge in [-0.05, 0) is 54.9 Å². The van der Waals surface area contributed by atoms with Crippen molar-refractivity contribution in [2.45, 2.75) is 45.8 Å². The van der Waals surface area contributed by atoms with E-state index in [0.29, 0.717) is 12.2 Å². The number of methoxy groups -OCH3 is 1. The minimum Gasteiger partial charge on any atom is -0.465 e. The van der Waals surface area contributed by atoms with Crippen LogP contribution in [0.25, 0.3) is 17.0 Å². The van der Waals surface area contributed by atoms with Crippen molar-refractivity contribution >= 4 is 37.0 Å². The molecule has 0 unspecified atom stereocenters. The predicted molar refractivity (Wildman–Crippen MR) is 149 cm³/mol. The molecule has 6 heteroatoms. The normalized spacial score (nSPS) is 12.6. The highest BCUT2D eigenvalue weighted by atomic mass is 28.4. The fourth-order valence-electron chi connectivity index (χ4n) is 3.62. The summed E-state index contributed by atoms with van der Waals surface area (Å²) in [5.74, 6) is -0.325. The molecular formula is C29H38N2O3Si. The highest BCUT2D eigenvalue weighted by Gasteiger charge is 2.37. The van der Waals surface area contributed by atoms with Crippen LogP contribution in [0.5, 0.6) is 0 Å². The molecule has 2 aromatic carbocycles. The molecule has 0 spiro atoms. The Balaban J connectivity index is 1.81. The van der Waals surface area contributed by atoms with E-state index in [-0.39, 0.29) is 11.0 Å². The SMILES string of the molecule is COC(=O)c1ccc(/C=C(\C)CN(CCO[Si](C)(C)C(C)(C)C)c2cnc3ccccc3c2)cc1. The number of pyridine rings is 1. The van der Waals surface area contributed by atoms with Gasteiger partial charge >= 0.3 is 5.97 Å². The molecule has 0 aliphatic heterocycles. The summed E-state index contributed by atoms with van der Waals surface area (Å²) in [4.78, 5) is 18.7. The third-order valence-electron chi connectivity index (χ3n) is 6.76. The summed E-state index contributed by atoms with van der Waals surface area (Å²) >= 11 is 0. The zero-order chi connectivity index (χ0) is 25.6. The van der Waals surface area contributed by atoms with E-state index in [0.717, 1.165) is 35.2 Å². The van der Waals surface area contributed by atoms with Gasteiger partial charge in [-0.1, -0.05) is 62.8 Å².